The summed E-state index contributed by atoms with van der Waals surface area (Å²) in [6.45, 7) is 0. The van der Waals surface area contributed by atoms with Crippen LogP contribution in [0.4, 0.5) is 11.4 Å². The van der Waals surface area contributed by atoms with Gasteiger partial charge in [-0.05, 0) is 47.5 Å². The van der Waals surface area contributed by atoms with E-state index in [0.29, 0.717) is 22.6 Å². The number of amides is 1. The molecule has 1 saturated heterocycles. The Morgan fingerprint density at radius 1 is 0.878 bits per heavy atom. The third-order valence-corrected chi connectivity index (χ3v) is 9.10. The molecule has 1 amide bonds. The lowest BCUT2D eigenvalue weighted by atomic mass is 9.64. The molecule has 7 rings (SSSR count). The van der Waals surface area contributed by atoms with Crippen LogP contribution in [-0.4, -0.2) is 36.7 Å². The van der Waals surface area contributed by atoms with Crippen LogP contribution >= 0.6 is 15.9 Å². The molecule has 4 aromatic rings. The molecule has 6 nitrogen and oxygen atoms in total. The Balaban J connectivity index is 1.53. The van der Waals surface area contributed by atoms with Crippen molar-refractivity contribution >= 4 is 50.9 Å². The van der Waals surface area contributed by atoms with Gasteiger partial charge in [-0.2, -0.15) is 0 Å². The Morgan fingerprint density at radius 3 is 2.44 bits per heavy atom. The summed E-state index contributed by atoms with van der Waals surface area (Å²) in [5, 5.41) is 3.06. The summed E-state index contributed by atoms with van der Waals surface area (Å²) in [6.07, 6.45) is 3.97. The number of benzene rings is 4. The lowest BCUT2D eigenvalue weighted by Crippen LogP contribution is -2.51. The fraction of sp³-hybridized carbons (Fsp3) is 0.147. The van der Waals surface area contributed by atoms with Crippen molar-refractivity contribution in [2.45, 2.75) is 17.5 Å². The molecule has 0 radical (unpaired) electrons. The average Bonchev–Trinajstić information content (AvgIpc) is 3.49. The van der Waals surface area contributed by atoms with E-state index in [2.05, 4.69) is 21.2 Å². The number of hydrogen-bond donors (Lipinski definition) is 1. The summed E-state index contributed by atoms with van der Waals surface area (Å²) >= 11 is 3.46. The zero-order chi connectivity index (χ0) is 28.3. The summed E-state index contributed by atoms with van der Waals surface area (Å²) in [5.41, 5.74) is 2.62. The quantitative estimate of drug-likeness (QED) is 0.270. The molecule has 1 spiro atoms. The summed E-state index contributed by atoms with van der Waals surface area (Å²) < 4.78 is 6.26. The second-order valence-electron chi connectivity index (χ2n) is 10.5. The molecule has 3 aliphatic rings. The molecule has 202 valence electrons. The highest BCUT2D eigenvalue weighted by Crippen LogP contribution is 2.58. The average molecular weight is 605 g/mol. The molecule has 3 heterocycles. The largest absolute Gasteiger partial charge is 0.497 e. The van der Waals surface area contributed by atoms with E-state index in [1.165, 1.54) is 0 Å². The minimum atomic E-state index is -1.34. The third-order valence-electron chi connectivity index (χ3n) is 8.58. The molecule has 0 aromatic heterocycles. The van der Waals surface area contributed by atoms with Crippen LogP contribution in [0.25, 0.3) is 6.08 Å². The van der Waals surface area contributed by atoms with Gasteiger partial charge in [0.05, 0.1) is 19.1 Å². The van der Waals surface area contributed by atoms with E-state index in [9.17, 15) is 14.4 Å². The minimum absolute atomic E-state index is 0.247. The second-order valence-corrected chi connectivity index (χ2v) is 11.4. The molecule has 0 saturated carbocycles. The first-order valence-corrected chi connectivity index (χ1v) is 14.2. The van der Waals surface area contributed by atoms with Crippen LogP contribution in [-0.2, 0) is 10.2 Å². The number of ether oxygens (including phenoxy) is 1. The van der Waals surface area contributed by atoms with E-state index in [0.717, 1.165) is 21.3 Å². The van der Waals surface area contributed by atoms with Crippen LogP contribution in [0.2, 0.25) is 0 Å². The van der Waals surface area contributed by atoms with Crippen LogP contribution in [0.1, 0.15) is 31.8 Å². The number of Topliss-reactive ketones (excluding diaryl/α,β-unsaturated/α-hetero) is 2. The maximum absolute atomic E-state index is 14.8. The normalized spacial score (nSPS) is 23.5. The number of nitrogens with zero attached hydrogens (tertiary/aromatic N) is 1. The van der Waals surface area contributed by atoms with Crippen molar-refractivity contribution in [3.8, 4) is 5.75 Å². The summed E-state index contributed by atoms with van der Waals surface area (Å²) in [5.74, 6) is -1.27. The molecule has 7 heteroatoms. The van der Waals surface area contributed by atoms with Gasteiger partial charge < -0.3 is 15.0 Å². The molecule has 1 N–H and O–H groups in total. The van der Waals surface area contributed by atoms with E-state index >= 15 is 0 Å². The molecule has 4 aromatic carbocycles. The Bertz CT molecular complexity index is 1760. The highest BCUT2D eigenvalue weighted by atomic mass is 79.9. The fourth-order valence-corrected chi connectivity index (χ4v) is 7.12. The number of hydrogen-bond acceptors (Lipinski definition) is 5. The van der Waals surface area contributed by atoms with Crippen molar-refractivity contribution < 1.29 is 19.1 Å². The molecule has 4 atom stereocenters. The highest BCUT2D eigenvalue weighted by molar-refractivity contribution is 9.10. The van der Waals surface area contributed by atoms with Crippen LogP contribution < -0.4 is 15.0 Å². The monoisotopic (exact) mass is 604 g/mol. The smallest absolute Gasteiger partial charge is 0.238 e. The predicted octanol–water partition coefficient (Wildman–Crippen LogP) is 6.31. The first-order valence-electron chi connectivity index (χ1n) is 13.4. The molecule has 1 fully saturated rings. The zero-order valence-corrected chi connectivity index (χ0v) is 23.7. The maximum atomic E-state index is 14.8. The van der Waals surface area contributed by atoms with E-state index < -0.39 is 23.4 Å². The Hall–Kier alpha value is -4.49. The van der Waals surface area contributed by atoms with Crippen molar-refractivity contribution in [3.63, 3.8) is 0 Å². The van der Waals surface area contributed by atoms with Gasteiger partial charge in [-0.15, -0.1) is 0 Å². The number of para-hydroxylation sites is 2. The molecular weight excluding hydrogens is 580 g/mol. The molecular formula is C34H25BrN2O4. The van der Waals surface area contributed by atoms with E-state index in [1.54, 1.807) is 55.6 Å². The van der Waals surface area contributed by atoms with E-state index in [4.69, 9.17) is 4.74 Å². The summed E-state index contributed by atoms with van der Waals surface area (Å²) in [7, 11) is 1.55. The van der Waals surface area contributed by atoms with Crippen LogP contribution in [0.3, 0.4) is 0 Å². The molecule has 41 heavy (non-hydrogen) atoms. The number of nitrogens with one attached hydrogen (secondary N) is 1. The van der Waals surface area contributed by atoms with Crippen LogP contribution in [0, 0.1) is 5.92 Å². The number of fused-ring (bicyclic) bond motifs is 6. The molecule has 0 bridgehead atoms. The lowest BCUT2D eigenvalue weighted by molar-refractivity contribution is -0.121. The number of halogens is 1. The van der Waals surface area contributed by atoms with Gasteiger partial charge in [-0.3, -0.25) is 14.4 Å². The van der Waals surface area contributed by atoms with Gasteiger partial charge in [-0.1, -0.05) is 88.7 Å². The zero-order valence-electron chi connectivity index (χ0n) is 22.1. The van der Waals surface area contributed by atoms with Crippen LogP contribution in [0.5, 0.6) is 5.75 Å². The van der Waals surface area contributed by atoms with Crippen molar-refractivity contribution in [1.82, 2.24) is 0 Å². The number of carbonyl (C=O) groups excluding carboxylic acids is 3. The Labute approximate surface area is 245 Å². The van der Waals surface area contributed by atoms with Crippen LogP contribution in [0.15, 0.2) is 108 Å². The summed E-state index contributed by atoms with van der Waals surface area (Å²) in [6, 6.07) is 27.8. The Kier molecular flexibility index (Phi) is 5.94. The van der Waals surface area contributed by atoms with Crippen molar-refractivity contribution in [1.29, 1.82) is 0 Å². The lowest BCUT2D eigenvalue weighted by Gasteiger charge is -2.37. The molecule has 3 aliphatic heterocycles. The van der Waals surface area contributed by atoms with Gasteiger partial charge >= 0.3 is 0 Å². The van der Waals surface area contributed by atoms with Crippen molar-refractivity contribution in [2.24, 2.45) is 5.92 Å². The van der Waals surface area contributed by atoms with Crippen molar-refractivity contribution in [3.05, 3.63) is 130 Å². The SMILES string of the molecule is COc1cccc(C(=O)[C@@H]2[C@H](C(=O)c3ccc(Br)cc3)[C@@]3(C(=O)Nc4ccccc43)[C@@H]3C=Cc4ccccc4N23)c1. The van der Waals surface area contributed by atoms with Gasteiger partial charge in [-0.25, -0.2) is 0 Å². The van der Waals surface area contributed by atoms with Gasteiger partial charge in [0.25, 0.3) is 0 Å². The minimum Gasteiger partial charge on any atom is -0.497 e. The van der Waals surface area contributed by atoms with Gasteiger partial charge in [0, 0.05) is 27.0 Å². The number of anilines is 2. The molecule has 0 unspecified atom stereocenters. The maximum Gasteiger partial charge on any atom is 0.238 e. The van der Waals surface area contributed by atoms with E-state index in [1.807, 2.05) is 65.6 Å². The van der Waals surface area contributed by atoms with Gasteiger partial charge in [0.15, 0.2) is 11.6 Å². The number of methoxy groups -OCH3 is 1. The first-order chi connectivity index (χ1) is 19.9. The number of rotatable bonds is 5. The topological polar surface area (TPSA) is 75.7 Å². The van der Waals surface area contributed by atoms with E-state index in [-0.39, 0.29) is 17.5 Å². The number of ketones is 2. The van der Waals surface area contributed by atoms with Crippen molar-refractivity contribution in [2.75, 3.05) is 17.3 Å². The fourth-order valence-electron chi connectivity index (χ4n) is 6.86. The van der Waals surface area contributed by atoms with Gasteiger partial charge in [0.1, 0.15) is 17.2 Å². The summed E-state index contributed by atoms with van der Waals surface area (Å²) in [4.78, 5) is 45.9. The Morgan fingerprint density at radius 2 is 1.63 bits per heavy atom. The number of carbonyl (C=O) groups is 3. The standard InChI is InChI=1S/C34H25BrN2O4/c1-41-24-9-6-8-22(19-24)32(39)30-29(31(38)21-13-16-23(35)17-14-21)34(25-10-3-4-11-26(25)36-33(34)40)28-18-15-20-7-2-5-12-27(20)37(28)30/h2-19,28-30H,1H3,(H,36,40)/t28-,29+,30-,34-/m0/s1. The second kappa shape index (κ2) is 9.56. The highest BCUT2D eigenvalue weighted by Gasteiger charge is 2.70. The first kappa shape index (κ1) is 25.5. The molecule has 0 aliphatic carbocycles. The predicted molar refractivity (Wildman–Crippen MR) is 162 cm³/mol. The third kappa shape index (κ3) is 3.65. The van der Waals surface area contributed by atoms with Gasteiger partial charge in [0.2, 0.25) is 5.91 Å².